The van der Waals surface area contributed by atoms with E-state index in [9.17, 15) is 4.39 Å². The van der Waals surface area contributed by atoms with Gasteiger partial charge in [0.05, 0.1) is 5.02 Å². The first-order chi connectivity index (χ1) is 10.0. The maximum absolute atomic E-state index is 13.6. The van der Waals surface area contributed by atoms with Crippen molar-refractivity contribution in [2.24, 2.45) is 5.73 Å². The van der Waals surface area contributed by atoms with Gasteiger partial charge in [0.25, 0.3) is 0 Å². The Morgan fingerprint density at radius 1 is 1.14 bits per heavy atom. The van der Waals surface area contributed by atoms with E-state index in [0.29, 0.717) is 18.1 Å². The van der Waals surface area contributed by atoms with Crippen molar-refractivity contribution in [1.29, 1.82) is 0 Å². The average molecular weight is 327 g/mol. The summed E-state index contributed by atoms with van der Waals surface area (Å²) in [5, 5.41) is 0.825. The molecule has 2 aromatic rings. The largest absolute Gasteiger partial charge is 0.329 e. The zero-order valence-electron chi connectivity index (χ0n) is 11.7. The van der Waals surface area contributed by atoms with Crippen molar-refractivity contribution in [2.45, 2.75) is 12.6 Å². The highest BCUT2D eigenvalue weighted by atomic mass is 35.5. The van der Waals surface area contributed by atoms with E-state index in [4.69, 9.17) is 28.9 Å². The molecule has 0 aliphatic heterocycles. The van der Waals surface area contributed by atoms with Gasteiger partial charge in [-0.2, -0.15) is 0 Å². The third kappa shape index (κ3) is 4.17. The topological polar surface area (TPSA) is 29.3 Å². The zero-order valence-corrected chi connectivity index (χ0v) is 13.2. The minimum absolute atomic E-state index is 0.0764. The highest BCUT2D eigenvalue weighted by Crippen LogP contribution is 2.24. The number of rotatable bonds is 5. The quantitative estimate of drug-likeness (QED) is 0.889. The zero-order chi connectivity index (χ0) is 15.4. The molecule has 0 saturated carbocycles. The van der Waals surface area contributed by atoms with Gasteiger partial charge in [0.15, 0.2) is 0 Å². The van der Waals surface area contributed by atoms with Gasteiger partial charge < -0.3 is 5.73 Å². The maximum atomic E-state index is 13.6. The summed E-state index contributed by atoms with van der Waals surface area (Å²) in [5.74, 6) is -0.424. The fraction of sp³-hybridized carbons (Fsp3) is 0.250. The van der Waals surface area contributed by atoms with Gasteiger partial charge >= 0.3 is 0 Å². The number of nitrogens with zero attached hydrogens (tertiary/aromatic N) is 1. The summed E-state index contributed by atoms with van der Waals surface area (Å²) >= 11 is 11.6. The fourth-order valence-electron chi connectivity index (χ4n) is 2.28. The Morgan fingerprint density at radius 2 is 1.81 bits per heavy atom. The first-order valence-corrected chi connectivity index (χ1v) is 7.36. The van der Waals surface area contributed by atoms with Gasteiger partial charge in [-0.25, -0.2) is 4.39 Å². The molecule has 0 aliphatic rings. The van der Waals surface area contributed by atoms with Crippen LogP contribution in [0, 0.1) is 5.82 Å². The maximum Gasteiger partial charge on any atom is 0.142 e. The molecular formula is C16H17Cl2FN2. The normalized spacial score (nSPS) is 12.7. The smallest absolute Gasteiger partial charge is 0.142 e. The van der Waals surface area contributed by atoms with Gasteiger partial charge in [-0.15, -0.1) is 0 Å². The molecule has 2 nitrogen and oxygen atoms in total. The molecule has 0 radical (unpaired) electrons. The van der Waals surface area contributed by atoms with E-state index >= 15 is 0 Å². The van der Waals surface area contributed by atoms with Crippen LogP contribution in [0.25, 0.3) is 0 Å². The molecule has 0 aliphatic carbocycles. The molecule has 1 unspecified atom stereocenters. The van der Waals surface area contributed by atoms with Crippen molar-refractivity contribution in [3.63, 3.8) is 0 Å². The Kier molecular flexibility index (Phi) is 5.59. The molecule has 0 fully saturated rings. The molecule has 0 spiro atoms. The van der Waals surface area contributed by atoms with Crippen molar-refractivity contribution in [1.82, 2.24) is 4.90 Å². The molecule has 0 heterocycles. The van der Waals surface area contributed by atoms with Gasteiger partial charge in [0.2, 0.25) is 0 Å². The number of likely N-dealkylation sites (N-methyl/N-ethyl adjacent to an activating group) is 1. The summed E-state index contributed by atoms with van der Waals surface area (Å²) in [6.45, 7) is 1.09. The van der Waals surface area contributed by atoms with Crippen LogP contribution in [0.5, 0.6) is 0 Å². The summed E-state index contributed by atoms with van der Waals surface area (Å²) in [6, 6.07) is 12.4. The van der Waals surface area contributed by atoms with E-state index in [1.807, 2.05) is 31.3 Å². The molecule has 0 saturated heterocycles. The molecule has 2 N–H and O–H groups in total. The fourth-order valence-corrected chi connectivity index (χ4v) is 2.52. The van der Waals surface area contributed by atoms with Crippen LogP contribution >= 0.6 is 23.2 Å². The molecule has 5 heteroatoms. The average Bonchev–Trinajstić information content (AvgIpc) is 2.46. The summed E-state index contributed by atoms with van der Waals surface area (Å²) in [5.41, 5.74) is 7.79. The second kappa shape index (κ2) is 7.23. The monoisotopic (exact) mass is 326 g/mol. The van der Waals surface area contributed by atoms with Gasteiger partial charge in [-0.1, -0.05) is 41.4 Å². The minimum Gasteiger partial charge on any atom is -0.329 e. The molecule has 2 aromatic carbocycles. The Bertz CT molecular complexity index is 602. The predicted molar refractivity (Wildman–Crippen MR) is 86.1 cm³/mol. The molecule has 21 heavy (non-hydrogen) atoms. The Balaban J connectivity index is 2.15. The van der Waals surface area contributed by atoms with Crippen LogP contribution in [0.3, 0.4) is 0 Å². The van der Waals surface area contributed by atoms with Crippen molar-refractivity contribution < 1.29 is 4.39 Å². The number of hydrogen-bond donors (Lipinski definition) is 1. The highest BCUT2D eigenvalue weighted by molar-refractivity contribution is 6.30. The third-order valence-corrected chi connectivity index (χ3v) is 3.99. The van der Waals surface area contributed by atoms with Crippen LogP contribution < -0.4 is 5.73 Å². The lowest BCUT2D eigenvalue weighted by Crippen LogP contribution is -2.30. The van der Waals surface area contributed by atoms with E-state index in [2.05, 4.69) is 4.90 Å². The van der Waals surface area contributed by atoms with Gasteiger partial charge in [0.1, 0.15) is 5.82 Å². The summed E-state index contributed by atoms with van der Waals surface area (Å²) in [6.07, 6.45) is 0. The number of halogens is 3. The van der Waals surface area contributed by atoms with Crippen LogP contribution in [0.2, 0.25) is 10.0 Å². The van der Waals surface area contributed by atoms with Crippen molar-refractivity contribution in [3.05, 3.63) is 69.5 Å². The van der Waals surface area contributed by atoms with E-state index in [0.717, 1.165) is 11.1 Å². The summed E-state index contributed by atoms with van der Waals surface area (Å²) in [4.78, 5) is 2.08. The molecule has 2 rings (SSSR count). The third-order valence-electron chi connectivity index (χ3n) is 3.43. The van der Waals surface area contributed by atoms with E-state index in [1.165, 1.54) is 6.07 Å². The van der Waals surface area contributed by atoms with Crippen LogP contribution in [0.1, 0.15) is 17.2 Å². The lowest BCUT2D eigenvalue weighted by Gasteiger charge is -2.27. The van der Waals surface area contributed by atoms with Crippen LogP contribution in [-0.4, -0.2) is 18.5 Å². The molecule has 112 valence electrons. The van der Waals surface area contributed by atoms with Crippen molar-refractivity contribution in [2.75, 3.05) is 13.6 Å². The SMILES string of the molecule is CN(Cc1ccc(Cl)cc1)C(CN)c1ccc(Cl)c(F)c1. The van der Waals surface area contributed by atoms with Gasteiger partial charge in [0, 0.05) is 24.2 Å². The van der Waals surface area contributed by atoms with Crippen molar-refractivity contribution >= 4 is 23.2 Å². The van der Waals surface area contributed by atoms with Crippen LogP contribution in [-0.2, 0) is 6.54 Å². The molecule has 0 bridgehead atoms. The Morgan fingerprint density at radius 3 is 2.38 bits per heavy atom. The number of benzene rings is 2. The number of nitrogens with two attached hydrogens (primary N) is 1. The first-order valence-electron chi connectivity index (χ1n) is 6.61. The molecule has 0 aromatic heterocycles. The lowest BCUT2D eigenvalue weighted by atomic mass is 10.0. The molecular weight excluding hydrogens is 310 g/mol. The van der Waals surface area contributed by atoms with Gasteiger partial charge in [-0.05, 0) is 42.4 Å². The van der Waals surface area contributed by atoms with Crippen LogP contribution in [0.15, 0.2) is 42.5 Å². The van der Waals surface area contributed by atoms with Crippen molar-refractivity contribution in [3.8, 4) is 0 Å². The Hall–Kier alpha value is -1.13. The molecule has 1 atom stereocenters. The van der Waals surface area contributed by atoms with E-state index < -0.39 is 5.82 Å². The predicted octanol–water partition coefficient (Wildman–Crippen LogP) is 4.26. The second-order valence-corrected chi connectivity index (χ2v) is 5.81. The standard InChI is InChI=1S/C16H17Cl2FN2/c1-21(10-11-2-5-13(17)6-3-11)16(9-20)12-4-7-14(18)15(19)8-12/h2-8,16H,9-10,20H2,1H3. The Labute approximate surface area is 134 Å². The van der Waals surface area contributed by atoms with Gasteiger partial charge in [-0.3, -0.25) is 4.90 Å². The molecule has 0 amide bonds. The summed E-state index contributed by atoms with van der Waals surface area (Å²) in [7, 11) is 1.96. The first kappa shape index (κ1) is 16.2. The van der Waals surface area contributed by atoms with E-state index in [-0.39, 0.29) is 11.1 Å². The minimum atomic E-state index is -0.424. The van der Waals surface area contributed by atoms with E-state index in [1.54, 1.807) is 12.1 Å². The summed E-state index contributed by atoms with van der Waals surface area (Å²) < 4.78 is 13.6. The lowest BCUT2D eigenvalue weighted by molar-refractivity contribution is 0.241. The number of hydrogen-bond acceptors (Lipinski definition) is 2. The second-order valence-electron chi connectivity index (χ2n) is 4.97. The van der Waals surface area contributed by atoms with Crippen LogP contribution in [0.4, 0.5) is 4.39 Å². The highest BCUT2D eigenvalue weighted by Gasteiger charge is 2.17.